The van der Waals surface area contributed by atoms with E-state index in [0.717, 1.165) is 23.7 Å². The number of rotatable bonds is 12. The quantitative estimate of drug-likeness (QED) is 0.178. The summed E-state index contributed by atoms with van der Waals surface area (Å²) in [6.07, 6.45) is 1.72. The highest BCUT2D eigenvalue weighted by Crippen LogP contribution is 2.24. The Morgan fingerprint density at radius 3 is 2.32 bits per heavy atom. The van der Waals surface area contributed by atoms with E-state index >= 15 is 0 Å². The highest BCUT2D eigenvalue weighted by Gasteiger charge is 2.31. The molecule has 2 amide bonds. The molecule has 44 heavy (non-hydrogen) atoms. The van der Waals surface area contributed by atoms with Crippen molar-refractivity contribution in [3.05, 3.63) is 94.6 Å². The first kappa shape index (κ1) is 32.6. The van der Waals surface area contributed by atoms with Gasteiger partial charge in [-0.15, -0.1) is 0 Å². The molecule has 0 aliphatic rings. The zero-order chi connectivity index (χ0) is 32.1. The Hall–Kier alpha value is -4.32. The van der Waals surface area contributed by atoms with Crippen LogP contribution in [0, 0.1) is 25.5 Å². The average Bonchev–Trinajstić information content (AvgIpc) is 3.29. The normalized spacial score (nSPS) is 12.9. The summed E-state index contributed by atoms with van der Waals surface area (Å²) >= 11 is 0. The molecule has 2 aromatic heterocycles. The van der Waals surface area contributed by atoms with Gasteiger partial charge in [-0.25, -0.2) is 23.5 Å². The lowest BCUT2D eigenvalue weighted by atomic mass is 9.99. The van der Waals surface area contributed by atoms with Crippen molar-refractivity contribution < 1.29 is 27.8 Å². The summed E-state index contributed by atoms with van der Waals surface area (Å²) in [5, 5.41) is 5.95. The Morgan fingerprint density at radius 2 is 1.66 bits per heavy atom. The predicted octanol–water partition coefficient (Wildman–Crippen LogP) is 6.35. The van der Waals surface area contributed by atoms with Crippen molar-refractivity contribution in [3.8, 4) is 5.88 Å². The molecule has 0 radical (unpaired) electrons. The van der Waals surface area contributed by atoms with Crippen LogP contribution in [0.4, 0.5) is 13.6 Å². The van der Waals surface area contributed by atoms with Crippen molar-refractivity contribution in [3.63, 3.8) is 0 Å². The molecule has 2 heterocycles. The predicted molar refractivity (Wildman–Crippen MR) is 166 cm³/mol. The number of nitrogens with one attached hydrogen (secondary N) is 2. The van der Waals surface area contributed by atoms with Crippen molar-refractivity contribution in [2.24, 2.45) is 0 Å². The van der Waals surface area contributed by atoms with Crippen molar-refractivity contribution >= 4 is 25.7 Å². The Kier molecular flexibility index (Phi) is 10.0. The van der Waals surface area contributed by atoms with E-state index in [4.69, 9.17) is 9.47 Å². The van der Waals surface area contributed by atoms with Crippen LogP contribution in [-0.2, 0) is 18.0 Å². The molecule has 4 rings (SSSR count). The van der Waals surface area contributed by atoms with E-state index < -0.39 is 43.9 Å². The molecule has 0 saturated carbocycles. The van der Waals surface area contributed by atoms with Crippen LogP contribution in [0.2, 0.25) is 25.7 Å². The highest BCUT2D eigenvalue weighted by molar-refractivity contribution is 6.76. The minimum Gasteiger partial charge on any atom is -0.470 e. The van der Waals surface area contributed by atoms with Crippen LogP contribution < -0.4 is 15.4 Å². The van der Waals surface area contributed by atoms with E-state index in [1.807, 2.05) is 37.3 Å². The van der Waals surface area contributed by atoms with Crippen molar-refractivity contribution in [2.75, 3.05) is 6.54 Å². The molecule has 4 aromatic rings. The number of ether oxygens (including phenoxy) is 2. The summed E-state index contributed by atoms with van der Waals surface area (Å²) in [4.78, 5) is 35.3. The Morgan fingerprint density at radius 1 is 0.977 bits per heavy atom. The fourth-order valence-corrected chi connectivity index (χ4v) is 5.94. The van der Waals surface area contributed by atoms with Crippen LogP contribution >= 0.6 is 0 Å². The van der Waals surface area contributed by atoms with Crippen LogP contribution in [0.3, 0.4) is 0 Å². The average molecular weight is 624 g/mol. The fourth-order valence-electron chi connectivity index (χ4n) is 4.64. The summed E-state index contributed by atoms with van der Waals surface area (Å²) in [5.74, 6) is -1.84. The highest BCUT2D eigenvalue weighted by atomic mass is 28.3. The monoisotopic (exact) mass is 623 g/mol. The molecule has 1 unspecified atom stereocenters. The van der Waals surface area contributed by atoms with Gasteiger partial charge in [0.05, 0.1) is 22.5 Å². The number of aromatic nitrogens is 3. The van der Waals surface area contributed by atoms with Gasteiger partial charge < -0.3 is 20.1 Å². The molecule has 2 aromatic carbocycles. The zero-order valence-corrected chi connectivity index (χ0v) is 27.0. The molecule has 0 aliphatic carbocycles. The van der Waals surface area contributed by atoms with E-state index in [-0.39, 0.29) is 35.9 Å². The maximum Gasteiger partial charge on any atom is 0.407 e. The molecule has 1 atom stereocenters. The van der Waals surface area contributed by atoms with Gasteiger partial charge in [0, 0.05) is 20.8 Å². The van der Waals surface area contributed by atoms with Crippen LogP contribution in [0.15, 0.2) is 54.7 Å². The Bertz CT molecular complexity index is 1620. The van der Waals surface area contributed by atoms with Crippen LogP contribution in [0.5, 0.6) is 5.88 Å². The topological polar surface area (TPSA) is 107 Å². The van der Waals surface area contributed by atoms with Gasteiger partial charge in [-0.05, 0) is 44.9 Å². The first-order chi connectivity index (χ1) is 20.7. The number of fused-ring (bicyclic) bond motifs is 1. The second kappa shape index (κ2) is 13.5. The summed E-state index contributed by atoms with van der Waals surface area (Å²) in [7, 11) is -1.48. The van der Waals surface area contributed by atoms with Crippen LogP contribution in [0.1, 0.15) is 46.3 Å². The lowest BCUT2D eigenvalue weighted by Crippen LogP contribution is -2.54. The van der Waals surface area contributed by atoms with Gasteiger partial charge in [-0.3, -0.25) is 9.20 Å². The van der Waals surface area contributed by atoms with Gasteiger partial charge in [0.15, 0.2) is 0 Å². The van der Waals surface area contributed by atoms with Crippen LogP contribution in [0.25, 0.3) is 5.65 Å². The minimum absolute atomic E-state index is 0.0394. The molecule has 0 bridgehead atoms. The number of carbonyl (C=O) groups is 2. The van der Waals surface area contributed by atoms with E-state index in [2.05, 4.69) is 40.2 Å². The number of aryl methyl sites for hydroxylation is 2. The first-order valence-electron chi connectivity index (χ1n) is 14.4. The third-order valence-electron chi connectivity index (χ3n) is 7.18. The van der Waals surface area contributed by atoms with E-state index in [0.29, 0.717) is 17.8 Å². The van der Waals surface area contributed by atoms with Gasteiger partial charge in [-0.1, -0.05) is 62.1 Å². The molecular weight excluding hydrogens is 584 g/mol. The fraction of sp³-hybridized carbons (Fsp3) is 0.375. The second-order valence-electron chi connectivity index (χ2n) is 12.4. The number of hydrogen-bond donors (Lipinski definition) is 2. The maximum absolute atomic E-state index is 14.2. The maximum atomic E-state index is 14.2. The molecule has 0 saturated heterocycles. The number of hydrogen-bond acceptors (Lipinski definition) is 6. The summed E-state index contributed by atoms with van der Waals surface area (Å²) in [6.45, 7) is 11.9. The molecular formula is C32H39F2N5O4Si. The molecule has 2 N–H and O–H groups in total. The SMILES string of the molecule is Cc1cn2c(C(=O)NCC(C)(CC[Si](C)(C)C)NC(=O)OCc3ccccc3)c(C)nc2c(OCc2c(F)cccc2F)n1. The van der Waals surface area contributed by atoms with Gasteiger partial charge >= 0.3 is 6.09 Å². The third kappa shape index (κ3) is 8.40. The molecule has 0 spiro atoms. The van der Waals surface area contributed by atoms with Crippen molar-refractivity contribution in [2.45, 2.75) is 71.6 Å². The smallest absolute Gasteiger partial charge is 0.407 e. The Labute approximate surface area is 257 Å². The largest absolute Gasteiger partial charge is 0.470 e. The van der Waals surface area contributed by atoms with Gasteiger partial charge in [0.2, 0.25) is 5.65 Å². The first-order valence-corrected chi connectivity index (χ1v) is 18.1. The molecule has 234 valence electrons. The summed E-state index contributed by atoms with van der Waals surface area (Å²) < 4.78 is 41.1. The van der Waals surface area contributed by atoms with E-state index in [9.17, 15) is 18.4 Å². The molecule has 0 fully saturated rings. The summed E-state index contributed by atoms with van der Waals surface area (Å²) in [6, 6.07) is 13.9. The molecule has 9 nitrogen and oxygen atoms in total. The zero-order valence-electron chi connectivity index (χ0n) is 26.0. The van der Waals surface area contributed by atoms with Crippen molar-refractivity contribution in [1.29, 1.82) is 0 Å². The second-order valence-corrected chi connectivity index (χ2v) is 18.0. The number of amides is 2. The van der Waals surface area contributed by atoms with Gasteiger partial charge in [0.1, 0.15) is 30.5 Å². The lowest BCUT2D eigenvalue weighted by Gasteiger charge is -2.33. The summed E-state index contributed by atoms with van der Waals surface area (Å²) in [5.41, 5.74) is 1.27. The van der Waals surface area contributed by atoms with Gasteiger partial charge in [-0.2, -0.15) is 0 Å². The minimum atomic E-state index is -1.48. The third-order valence-corrected chi connectivity index (χ3v) is 8.93. The van der Waals surface area contributed by atoms with E-state index in [1.165, 1.54) is 6.07 Å². The van der Waals surface area contributed by atoms with E-state index in [1.54, 1.807) is 24.4 Å². The Balaban J connectivity index is 1.51. The standard InChI is InChI=1S/C32H39F2N5O4Si/c1-21-17-39-27(22(2)37-28(39)30(36-21)42-19-24-25(33)13-10-14-26(24)34)29(40)35-20-32(3,15-16-44(4,5)6)38-31(41)43-18-23-11-8-7-9-12-23/h7-14,17H,15-16,18-20H2,1-6H3,(H,35,40)(H,38,41). The molecule has 12 heteroatoms. The number of carbonyl (C=O) groups excluding carboxylic acids is 2. The van der Waals surface area contributed by atoms with Crippen molar-refractivity contribution in [1.82, 2.24) is 25.0 Å². The number of alkyl carbamates (subject to hydrolysis) is 1. The van der Waals surface area contributed by atoms with Crippen LogP contribution in [-0.4, -0.2) is 46.5 Å². The lowest BCUT2D eigenvalue weighted by molar-refractivity contribution is 0.0923. The number of nitrogens with zero attached hydrogens (tertiary/aromatic N) is 3. The number of imidazole rings is 1. The number of halogens is 2. The van der Waals surface area contributed by atoms with Gasteiger partial charge in [0.25, 0.3) is 11.8 Å². The number of benzene rings is 2. The molecule has 0 aliphatic heterocycles.